The number of hydrogen-bond donors (Lipinski definition) is 1. The number of aromatic nitrogens is 2. The lowest BCUT2D eigenvalue weighted by Crippen LogP contribution is -2.53. The van der Waals surface area contributed by atoms with Gasteiger partial charge in [0.2, 0.25) is 5.91 Å². The van der Waals surface area contributed by atoms with Gasteiger partial charge in [0.05, 0.1) is 11.7 Å². The molecule has 5 heteroatoms. The van der Waals surface area contributed by atoms with E-state index in [0.29, 0.717) is 0 Å². The van der Waals surface area contributed by atoms with Crippen LogP contribution in [-0.2, 0) is 10.2 Å². The second-order valence-electron chi connectivity index (χ2n) is 7.09. The molecule has 0 atom stereocenters. The van der Waals surface area contributed by atoms with Crippen molar-refractivity contribution in [1.82, 2.24) is 14.9 Å². The third kappa shape index (κ3) is 2.90. The fourth-order valence-electron chi connectivity index (χ4n) is 3.34. The van der Waals surface area contributed by atoms with Gasteiger partial charge in [0.25, 0.3) is 0 Å². The first-order chi connectivity index (χ1) is 11.4. The van der Waals surface area contributed by atoms with Gasteiger partial charge in [-0.25, -0.2) is 4.98 Å². The zero-order chi connectivity index (χ0) is 17.3. The first kappa shape index (κ1) is 16.6. The molecule has 0 spiro atoms. The van der Waals surface area contributed by atoms with Crippen molar-refractivity contribution < 1.29 is 4.79 Å². The van der Waals surface area contributed by atoms with Gasteiger partial charge in [-0.1, -0.05) is 12.1 Å². The van der Waals surface area contributed by atoms with Gasteiger partial charge in [-0.05, 0) is 44.9 Å². The van der Waals surface area contributed by atoms with Gasteiger partial charge in [0, 0.05) is 43.8 Å². The maximum atomic E-state index is 12.9. The van der Waals surface area contributed by atoms with Crippen LogP contribution in [-0.4, -0.2) is 47.0 Å². The smallest absolute Gasteiger partial charge is 0.234 e. The molecule has 2 heterocycles. The zero-order valence-electron chi connectivity index (χ0n) is 15.0. The molecule has 1 N–H and O–H groups in total. The minimum absolute atomic E-state index is 0.160. The number of carbonyl (C=O) groups is 1. The number of piperazine rings is 1. The molecule has 0 radical (unpaired) electrons. The molecule has 5 nitrogen and oxygen atoms in total. The molecule has 0 saturated carbocycles. The summed E-state index contributed by atoms with van der Waals surface area (Å²) in [5.74, 6) is 0.160. The van der Waals surface area contributed by atoms with E-state index in [1.807, 2.05) is 18.7 Å². The van der Waals surface area contributed by atoms with Gasteiger partial charge in [0.1, 0.15) is 0 Å². The number of anilines is 1. The Labute approximate surface area is 143 Å². The van der Waals surface area contributed by atoms with E-state index in [1.165, 1.54) is 16.8 Å². The van der Waals surface area contributed by atoms with E-state index in [0.717, 1.165) is 31.9 Å². The number of imidazole rings is 1. The van der Waals surface area contributed by atoms with Crippen molar-refractivity contribution in [2.45, 2.75) is 33.1 Å². The predicted molar refractivity (Wildman–Crippen MR) is 96.3 cm³/mol. The lowest BCUT2D eigenvalue weighted by Gasteiger charge is -2.39. The number of rotatable bonds is 3. The quantitative estimate of drug-likeness (QED) is 0.943. The number of nitrogens with one attached hydrogen (secondary N) is 1. The molecule has 1 saturated heterocycles. The third-order valence-electron chi connectivity index (χ3n) is 5.19. The van der Waals surface area contributed by atoms with Crippen LogP contribution < -0.4 is 4.90 Å². The highest BCUT2D eigenvalue weighted by molar-refractivity contribution is 5.87. The Bertz CT molecular complexity index is 713. The van der Waals surface area contributed by atoms with Crippen LogP contribution in [0.2, 0.25) is 0 Å². The number of amides is 1. The molecule has 1 aromatic carbocycles. The molecule has 0 unspecified atom stereocenters. The second-order valence-corrected chi connectivity index (χ2v) is 7.09. The van der Waals surface area contributed by atoms with E-state index in [9.17, 15) is 4.79 Å². The Hall–Kier alpha value is -2.30. The van der Waals surface area contributed by atoms with Crippen molar-refractivity contribution in [3.8, 4) is 0 Å². The van der Waals surface area contributed by atoms with Crippen LogP contribution in [0.4, 0.5) is 5.69 Å². The van der Waals surface area contributed by atoms with Gasteiger partial charge in [0.15, 0.2) is 0 Å². The zero-order valence-corrected chi connectivity index (χ0v) is 15.0. The monoisotopic (exact) mass is 326 g/mol. The number of aryl methyl sites for hydroxylation is 1. The third-order valence-corrected chi connectivity index (χ3v) is 5.19. The largest absolute Gasteiger partial charge is 0.368 e. The van der Waals surface area contributed by atoms with Gasteiger partial charge in [-0.15, -0.1) is 0 Å². The summed E-state index contributed by atoms with van der Waals surface area (Å²) >= 11 is 0. The van der Waals surface area contributed by atoms with Crippen molar-refractivity contribution in [3.63, 3.8) is 0 Å². The highest BCUT2D eigenvalue weighted by atomic mass is 16.2. The molecule has 1 amide bonds. The molecular weight excluding hydrogens is 300 g/mol. The lowest BCUT2D eigenvalue weighted by atomic mass is 9.88. The summed E-state index contributed by atoms with van der Waals surface area (Å²) in [7, 11) is 0. The van der Waals surface area contributed by atoms with Gasteiger partial charge >= 0.3 is 0 Å². The Balaban J connectivity index is 1.69. The van der Waals surface area contributed by atoms with Crippen LogP contribution in [0.5, 0.6) is 0 Å². The molecule has 1 aliphatic rings. The molecule has 2 aromatic rings. The standard InChI is InChI=1S/C19H26N4O/c1-14-6-5-7-16(15(14)2)22-8-10-23(11-9-22)18(24)19(3,4)17-12-20-13-21-17/h5-7,12-13H,8-11H2,1-4H3,(H,20,21). The molecular formula is C19H26N4O. The number of H-pyrrole nitrogens is 1. The molecule has 1 aromatic heterocycles. The first-order valence-corrected chi connectivity index (χ1v) is 8.50. The normalized spacial score (nSPS) is 15.7. The van der Waals surface area contributed by atoms with Crippen molar-refractivity contribution in [2.75, 3.05) is 31.1 Å². The number of carbonyl (C=O) groups excluding carboxylic acids is 1. The summed E-state index contributed by atoms with van der Waals surface area (Å²) in [4.78, 5) is 24.4. The van der Waals surface area contributed by atoms with Crippen molar-refractivity contribution >= 4 is 11.6 Å². The highest BCUT2D eigenvalue weighted by Crippen LogP contribution is 2.27. The number of benzene rings is 1. The molecule has 24 heavy (non-hydrogen) atoms. The van der Waals surface area contributed by atoms with E-state index >= 15 is 0 Å². The summed E-state index contributed by atoms with van der Waals surface area (Å²) in [5.41, 5.74) is 4.22. The van der Waals surface area contributed by atoms with E-state index in [1.54, 1.807) is 12.5 Å². The summed E-state index contributed by atoms with van der Waals surface area (Å²) in [6.07, 6.45) is 3.37. The topological polar surface area (TPSA) is 52.2 Å². The number of hydrogen-bond acceptors (Lipinski definition) is 3. The van der Waals surface area contributed by atoms with E-state index in [-0.39, 0.29) is 5.91 Å². The van der Waals surface area contributed by atoms with Crippen molar-refractivity contribution in [1.29, 1.82) is 0 Å². The summed E-state index contributed by atoms with van der Waals surface area (Å²) in [6, 6.07) is 6.43. The van der Waals surface area contributed by atoms with Crippen LogP contribution in [0.15, 0.2) is 30.7 Å². The second kappa shape index (κ2) is 6.30. The highest BCUT2D eigenvalue weighted by Gasteiger charge is 2.36. The fraction of sp³-hybridized carbons (Fsp3) is 0.474. The molecule has 0 aliphatic carbocycles. The van der Waals surface area contributed by atoms with E-state index in [4.69, 9.17) is 0 Å². The van der Waals surface area contributed by atoms with Gasteiger partial charge < -0.3 is 14.8 Å². The number of aromatic amines is 1. The minimum Gasteiger partial charge on any atom is -0.368 e. The molecule has 1 aliphatic heterocycles. The molecule has 3 rings (SSSR count). The lowest BCUT2D eigenvalue weighted by molar-refractivity contribution is -0.136. The van der Waals surface area contributed by atoms with Crippen LogP contribution in [0.25, 0.3) is 0 Å². The summed E-state index contributed by atoms with van der Waals surface area (Å²) < 4.78 is 0. The maximum absolute atomic E-state index is 12.9. The van der Waals surface area contributed by atoms with Gasteiger partial charge in [-0.2, -0.15) is 0 Å². The maximum Gasteiger partial charge on any atom is 0.234 e. The Morgan fingerprint density at radius 2 is 1.88 bits per heavy atom. The van der Waals surface area contributed by atoms with Crippen LogP contribution in [0.3, 0.4) is 0 Å². The van der Waals surface area contributed by atoms with E-state index < -0.39 is 5.41 Å². The summed E-state index contributed by atoms with van der Waals surface area (Å²) in [5, 5.41) is 0. The van der Waals surface area contributed by atoms with Crippen LogP contribution >= 0.6 is 0 Å². The van der Waals surface area contributed by atoms with Crippen LogP contribution in [0.1, 0.15) is 30.7 Å². The molecule has 128 valence electrons. The van der Waals surface area contributed by atoms with Crippen molar-refractivity contribution in [2.24, 2.45) is 0 Å². The minimum atomic E-state index is -0.572. The fourth-order valence-corrected chi connectivity index (χ4v) is 3.34. The average molecular weight is 326 g/mol. The van der Waals surface area contributed by atoms with Crippen molar-refractivity contribution in [3.05, 3.63) is 47.5 Å². The number of nitrogens with zero attached hydrogens (tertiary/aromatic N) is 3. The predicted octanol–water partition coefficient (Wildman–Crippen LogP) is 2.65. The van der Waals surface area contributed by atoms with Gasteiger partial charge in [-0.3, -0.25) is 4.79 Å². The van der Waals surface area contributed by atoms with E-state index in [2.05, 4.69) is 46.9 Å². The summed E-state index contributed by atoms with van der Waals surface area (Å²) in [6.45, 7) is 11.5. The average Bonchev–Trinajstić information content (AvgIpc) is 3.12. The Kier molecular flexibility index (Phi) is 4.35. The molecule has 0 bridgehead atoms. The SMILES string of the molecule is Cc1cccc(N2CCN(C(=O)C(C)(C)c3cnc[nH]3)CC2)c1C. The first-order valence-electron chi connectivity index (χ1n) is 8.50. The Morgan fingerprint density at radius 1 is 1.17 bits per heavy atom. The Morgan fingerprint density at radius 3 is 2.50 bits per heavy atom. The molecule has 1 fully saturated rings. The van der Waals surface area contributed by atoms with Crippen LogP contribution in [0, 0.1) is 13.8 Å².